The lowest BCUT2D eigenvalue weighted by Gasteiger charge is -2.00. The van der Waals surface area contributed by atoms with Crippen molar-refractivity contribution in [3.8, 4) is 0 Å². The van der Waals surface area contributed by atoms with Gasteiger partial charge in [-0.15, -0.1) is 0 Å². The molecule has 0 aliphatic heterocycles. The highest BCUT2D eigenvalue weighted by Gasteiger charge is 1.87. The van der Waals surface area contributed by atoms with Gasteiger partial charge in [0.15, 0.2) is 0 Å². The van der Waals surface area contributed by atoms with E-state index in [-0.39, 0.29) is 0 Å². The zero-order valence-corrected chi connectivity index (χ0v) is 5.77. The molecule has 1 radical (unpaired) electrons. The Morgan fingerprint density at radius 3 is 2.50 bits per heavy atom. The van der Waals surface area contributed by atoms with E-state index in [1.54, 1.807) is 0 Å². The molecule has 0 heterocycles. The fraction of sp³-hybridized carbons (Fsp3) is 0.571. The predicted molar refractivity (Wildman–Crippen MR) is 35.4 cm³/mol. The molecule has 1 heteroatoms. The number of allylic oxidation sites excluding steroid dienone is 1. The van der Waals surface area contributed by atoms with Gasteiger partial charge in [0, 0.05) is 0 Å². The molecule has 0 unspecified atom stereocenters. The van der Waals surface area contributed by atoms with Gasteiger partial charge in [-0.25, -0.2) is 0 Å². The molecule has 0 aliphatic rings. The zero-order chi connectivity index (χ0) is 6.41. The first kappa shape index (κ1) is 7.70. The first-order chi connectivity index (χ1) is 3.77. The van der Waals surface area contributed by atoms with E-state index in [4.69, 9.17) is 4.74 Å². The van der Waals surface area contributed by atoms with Crippen LogP contribution in [-0.2, 0) is 4.74 Å². The summed E-state index contributed by atoms with van der Waals surface area (Å²) in [5.41, 5.74) is 0. The molecule has 0 aromatic rings. The van der Waals surface area contributed by atoms with Crippen molar-refractivity contribution in [2.24, 2.45) is 0 Å². The van der Waals surface area contributed by atoms with Crippen molar-refractivity contribution >= 4 is 0 Å². The fourth-order valence-corrected chi connectivity index (χ4v) is 0.311. The zero-order valence-electron chi connectivity index (χ0n) is 5.77. The van der Waals surface area contributed by atoms with Gasteiger partial charge in [-0.2, -0.15) is 0 Å². The largest absolute Gasteiger partial charge is 0.369 e. The lowest BCUT2D eigenvalue weighted by molar-refractivity contribution is 0.186. The van der Waals surface area contributed by atoms with E-state index in [0.29, 0.717) is 6.61 Å². The number of ether oxygens (including phenoxy) is 1. The minimum atomic E-state index is 0.707. The van der Waals surface area contributed by atoms with Crippen LogP contribution in [0, 0.1) is 6.10 Å². The van der Waals surface area contributed by atoms with Crippen LogP contribution in [0.4, 0.5) is 0 Å². The van der Waals surface area contributed by atoms with Gasteiger partial charge < -0.3 is 4.74 Å². The summed E-state index contributed by atoms with van der Waals surface area (Å²) in [5.74, 6) is 0. The first-order valence-electron chi connectivity index (χ1n) is 2.81. The summed E-state index contributed by atoms with van der Waals surface area (Å²) in [6, 6.07) is 0. The summed E-state index contributed by atoms with van der Waals surface area (Å²) in [7, 11) is 0. The smallest absolute Gasteiger partial charge is 0.0913 e. The molecule has 0 rings (SSSR count). The molecule has 0 aromatic heterocycles. The number of hydrogen-bond acceptors (Lipinski definition) is 1. The van der Waals surface area contributed by atoms with E-state index in [1.807, 2.05) is 32.9 Å². The van der Waals surface area contributed by atoms with Crippen molar-refractivity contribution in [1.82, 2.24) is 0 Å². The van der Waals surface area contributed by atoms with Gasteiger partial charge in [0.25, 0.3) is 0 Å². The average molecular weight is 113 g/mol. The lowest BCUT2D eigenvalue weighted by atomic mass is 10.5. The molecule has 0 atom stereocenters. The Bertz CT molecular complexity index is 64.8. The maximum atomic E-state index is 5.11. The van der Waals surface area contributed by atoms with Crippen LogP contribution in [0.1, 0.15) is 20.8 Å². The molecule has 0 aliphatic carbocycles. The Hall–Kier alpha value is -0.300. The van der Waals surface area contributed by atoms with Crippen LogP contribution in [0.15, 0.2) is 12.2 Å². The van der Waals surface area contributed by atoms with Crippen molar-refractivity contribution in [3.63, 3.8) is 0 Å². The second-order valence-corrected chi connectivity index (χ2v) is 1.79. The molecule has 0 N–H and O–H groups in total. The quantitative estimate of drug-likeness (QED) is 0.509. The SMILES string of the molecule is CC=CCO[C](C)C. The Balaban J connectivity index is 2.93. The van der Waals surface area contributed by atoms with Crippen molar-refractivity contribution in [3.05, 3.63) is 18.3 Å². The lowest BCUT2D eigenvalue weighted by Crippen LogP contribution is -1.92. The standard InChI is InChI=1S/C7H13O/c1-4-5-6-8-7(2)3/h4-5H,6H2,1-3H3. The molecule has 0 aromatic carbocycles. The van der Waals surface area contributed by atoms with Gasteiger partial charge in [-0.3, -0.25) is 0 Å². The summed E-state index contributed by atoms with van der Waals surface area (Å²) in [5, 5.41) is 0. The second kappa shape index (κ2) is 4.85. The van der Waals surface area contributed by atoms with Gasteiger partial charge in [0.1, 0.15) is 0 Å². The van der Waals surface area contributed by atoms with Gasteiger partial charge in [-0.1, -0.05) is 12.2 Å². The van der Waals surface area contributed by atoms with Crippen LogP contribution in [0.25, 0.3) is 0 Å². The number of hydrogen-bond donors (Lipinski definition) is 0. The molecule has 47 valence electrons. The summed E-state index contributed by atoms with van der Waals surface area (Å²) >= 11 is 0. The topological polar surface area (TPSA) is 9.23 Å². The third-order valence-corrected chi connectivity index (χ3v) is 0.704. The van der Waals surface area contributed by atoms with Crippen LogP contribution in [0.2, 0.25) is 0 Å². The van der Waals surface area contributed by atoms with E-state index < -0.39 is 0 Å². The molecule has 1 nitrogen and oxygen atoms in total. The Kier molecular flexibility index (Phi) is 4.67. The molecule has 0 fully saturated rings. The molecular weight excluding hydrogens is 100 g/mol. The third kappa shape index (κ3) is 5.70. The van der Waals surface area contributed by atoms with Crippen molar-refractivity contribution in [1.29, 1.82) is 0 Å². The minimum absolute atomic E-state index is 0.707. The molecule has 0 spiro atoms. The Morgan fingerprint density at radius 1 is 1.50 bits per heavy atom. The summed E-state index contributed by atoms with van der Waals surface area (Å²) < 4.78 is 5.11. The highest BCUT2D eigenvalue weighted by Crippen LogP contribution is 1.95. The van der Waals surface area contributed by atoms with E-state index in [9.17, 15) is 0 Å². The molecule has 0 bridgehead atoms. The molecular formula is C7H13O. The molecule has 0 amide bonds. The average Bonchev–Trinajstić information content (AvgIpc) is 1.66. The van der Waals surface area contributed by atoms with Crippen molar-refractivity contribution in [2.75, 3.05) is 6.61 Å². The van der Waals surface area contributed by atoms with Crippen LogP contribution < -0.4 is 0 Å². The van der Waals surface area contributed by atoms with Gasteiger partial charge in [0.05, 0.1) is 12.7 Å². The highest BCUT2D eigenvalue weighted by atomic mass is 16.5. The van der Waals surface area contributed by atoms with E-state index in [0.717, 1.165) is 6.10 Å². The first-order valence-corrected chi connectivity index (χ1v) is 2.81. The van der Waals surface area contributed by atoms with Crippen LogP contribution in [0.5, 0.6) is 0 Å². The Morgan fingerprint density at radius 2 is 2.12 bits per heavy atom. The normalized spacial score (nSPS) is 11.5. The van der Waals surface area contributed by atoms with Crippen LogP contribution in [-0.4, -0.2) is 6.61 Å². The maximum Gasteiger partial charge on any atom is 0.0913 e. The van der Waals surface area contributed by atoms with Gasteiger partial charge in [-0.05, 0) is 20.8 Å². The third-order valence-electron chi connectivity index (χ3n) is 0.704. The Labute approximate surface area is 51.4 Å². The van der Waals surface area contributed by atoms with Crippen molar-refractivity contribution < 1.29 is 4.74 Å². The summed E-state index contributed by atoms with van der Waals surface area (Å²) in [6.45, 7) is 6.58. The van der Waals surface area contributed by atoms with Crippen molar-refractivity contribution in [2.45, 2.75) is 20.8 Å². The molecule has 8 heavy (non-hydrogen) atoms. The van der Waals surface area contributed by atoms with E-state index in [1.165, 1.54) is 0 Å². The van der Waals surface area contributed by atoms with E-state index in [2.05, 4.69) is 0 Å². The van der Waals surface area contributed by atoms with Crippen LogP contribution >= 0.6 is 0 Å². The van der Waals surface area contributed by atoms with Crippen LogP contribution in [0.3, 0.4) is 0 Å². The van der Waals surface area contributed by atoms with E-state index >= 15 is 0 Å². The second-order valence-electron chi connectivity index (χ2n) is 1.79. The van der Waals surface area contributed by atoms with Gasteiger partial charge >= 0.3 is 0 Å². The fourth-order valence-electron chi connectivity index (χ4n) is 0.311. The summed E-state index contributed by atoms with van der Waals surface area (Å²) in [4.78, 5) is 0. The maximum absolute atomic E-state index is 5.11. The number of rotatable bonds is 3. The molecule has 0 saturated heterocycles. The van der Waals surface area contributed by atoms with Gasteiger partial charge in [0.2, 0.25) is 0 Å². The minimum Gasteiger partial charge on any atom is -0.369 e. The summed E-state index contributed by atoms with van der Waals surface area (Å²) in [6.07, 6.45) is 4.97. The predicted octanol–water partition coefficient (Wildman–Crippen LogP) is 2.15. The molecule has 0 saturated carbocycles. The highest BCUT2D eigenvalue weighted by molar-refractivity contribution is 4.77. The monoisotopic (exact) mass is 113 g/mol.